The van der Waals surface area contributed by atoms with Gasteiger partial charge in [0.15, 0.2) is 0 Å². The first kappa shape index (κ1) is 19.7. The predicted molar refractivity (Wildman–Crippen MR) is 106 cm³/mol. The quantitative estimate of drug-likeness (QED) is 0.719. The van der Waals surface area contributed by atoms with Gasteiger partial charge in [-0.25, -0.2) is 4.79 Å². The third kappa shape index (κ3) is 4.80. The maximum absolute atomic E-state index is 12.6. The Morgan fingerprint density at radius 1 is 1.04 bits per heavy atom. The van der Waals surface area contributed by atoms with Crippen molar-refractivity contribution in [1.82, 2.24) is 20.9 Å². The lowest BCUT2D eigenvalue weighted by Gasteiger charge is -2.45. The number of carbonyl (C=O) groups excluding carboxylic acids is 2. The number of nitrogens with zero attached hydrogens (tertiary/aromatic N) is 1. The van der Waals surface area contributed by atoms with Gasteiger partial charge >= 0.3 is 6.03 Å². The normalized spacial score (nSPS) is 20.6. The van der Waals surface area contributed by atoms with E-state index < -0.39 is 6.04 Å². The molecule has 0 radical (unpaired) electrons. The highest BCUT2D eigenvalue weighted by Crippen LogP contribution is 2.35. The SMILES string of the molecule is CNC(=O)C(NC(=O)NCC1(N2CCCC2)CCCCC1)c1ccccc1. The van der Waals surface area contributed by atoms with Gasteiger partial charge in [-0.05, 0) is 44.3 Å². The van der Waals surface area contributed by atoms with E-state index in [1.165, 1.54) is 32.1 Å². The van der Waals surface area contributed by atoms with E-state index in [9.17, 15) is 9.59 Å². The zero-order valence-corrected chi connectivity index (χ0v) is 16.3. The third-order valence-electron chi connectivity index (χ3n) is 6.06. The first-order valence-electron chi connectivity index (χ1n) is 10.2. The Morgan fingerprint density at radius 2 is 1.70 bits per heavy atom. The highest BCUT2D eigenvalue weighted by atomic mass is 16.2. The molecule has 1 atom stereocenters. The van der Waals surface area contributed by atoms with E-state index in [0.29, 0.717) is 6.54 Å². The standard InChI is InChI=1S/C21H32N4O2/c1-22-19(26)18(17-10-4-2-5-11-17)24-20(27)23-16-21(12-6-3-7-13-21)25-14-8-9-15-25/h2,4-5,10-11,18H,3,6-9,12-16H2,1H3,(H,22,26)(H2,23,24,27). The van der Waals surface area contributed by atoms with Crippen LogP contribution in [0.2, 0.25) is 0 Å². The van der Waals surface area contributed by atoms with Crippen molar-refractivity contribution in [2.24, 2.45) is 0 Å². The molecule has 1 saturated carbocycles. The van der Waals surface area contributed by atoms with Gasteiger partial charge < -0.3 is 16.0 Å². The molecule has 1 aromatic rings. The van der Waals surface area contributed by atoms with E-state index in [1.54, 1.807) is 7.05 Å². The zero-order chi connectivity index (χ0) is 19.1. The molecule has 148 valence electrons. The van der Waals surface area contributed by atoms with E-state index in [1.807, 2.05) is 30.3 Å². The summed E-state index contributed by atoms with van der Waals surface area (Å²) in [6, 6.07) is 8.37. The zero-order valence-electron chi connectivity index (χ0n) is 16.3. The maximum atomic E-state index is 12.6. The predicted octanol–water partition coefficient (Wildman–Crippen LogP) is 2.57. The van der Waals surface area contributed by atoms with Gasteiger partial charge in [-0.15, -0.1) is 0 Å². The second-order valence-electron chi connectivity index (χ2n) is 7.76. The number of likely N-dealkylation sites (tertiary alicyclic amines) is 1. The topological polar surface area (TPSA) is 73.5 Å². The van der Waals surface area contributed by atoms with Crippen LogP contribution in [0.1, 0.15) is 56.6 Å². The van der Waals surface area contributed by atoms with Crippen LogP contribution in [0.25, 0.3) is 0 Å². The van der Waals surface area contributed by atoms with Crippen molar-refractivity contribution in [2.75, 3.05) is 26.7 Å². The van der Waals surface area contributed by atoms with Crippen molar-refractivity contribution in [3.05, 3.63) is 35.9 Å². The number of hydrogen-bond acceptors (Lipinski definition) is 3. The van der Waals surface area contributed by atoms with Gasteiger partial charge in [0.2, 0.25) is 5.91 Å². The summed E-state index contributed by atoms with van der Waals surface area (Å²) < 4.78 is 0. The van der Waals surface area contributed by atoms with E-state index in [4.69, 9.17) is 0 Å². The Labute approximate surface area is 162 Å². The molecule has 1 aromatic carbocycles. The molecule has 0 aromatic heterocycles. The summed E-state index contributed by atoms with van der Waals surface area (Å²) in [6.45, 7) is 2.91. The molecule has 1 saturated heterocycles. The molecule has 3 rings (SSSR count). The van der Waals surface area contributed by atoms with E-state index in [-0.39, 0.29) is 17.5 Å². The second-order valence-corrected chi connectivity index (χ2v) is 7.76. The number of urea groups is 1. The van der Waals surface area contributed by atoms with Crippen molar-refractivity contribution < 1.29 is 9.59 Å². The summed E-state index contributed by atoms with van der Waals surface area (Å²) in [5.41, 5.74) is 0.861. The van der Waals surface area contributed by atoms with Crippen LogP contribution >= 0.6 is 0 Å². The van der Waals surface area contributed by atoms with Crippen LogP contribution in [-0.2, 0) is 4.79 Å². The number of rotatable bonds is 6. The number of benzene rings is 1. The fourth-order valence-corrected chi connectivity index (χ4v) is 4.52. The molecule has 3 amide bonds. The molecule has 3 N–H and O–H groups in total. The van der Waals surface area contributed by atoms with Gasteiger partial charge in [0, 0.05) is 19.1 Å². The van der Waals surface area contributed by atoms with Crippen molar-refractivity contribution in [3.63, 3.8) is 0 Å². The molecule has 1 aliphatic carbocycles. The van der Waals surface area contributed by atoms with Crippen LogP contribution in [0.3, 0.4) is 0 Å². The van der Waals surface area contributed by atoms with Gasteiger partial charge in [-0.1, -0.05) is 49.6 Å². The first-order chi connectivity index (χ1) is 13.1. The number of hydrogen-bond donors (Lipinski definition) is 3. The Bertz CT molecular complexity index is 622. The van der Waals surface area contributed by atoms with Crippen LogP contribution < -0.4 is 16.0 Å². The minimum Gasteiger partial charge on any atom is -0.357 e. The van der Waals surface area contributed by atoms with Crippen LogP contribution in [-0.4, -0.2) is 49.1 Å². The summed E-state index contributed by atoms with van der Waals surface area (Å²) in [5.74, 6) is -0.219. The minimum atomic E-state index is -0.690. The van der Waals surface area contributed by atoms with Gasteiger partial charge in [-0.3, -0.25) is 9.69 Å². The molecule has 1 heterocycles. The molecular weight excluding hydrogens is 340 g/mol. The largest absolute Gasteiger partial charge is 0.357 e. The molecule has 2 aliphatic rings. The lowest BCUT2D eigenvalue weighted by Crippen LogP contribution is -2.57. The second kappa shape index (κ2) is 9.22. The maximum Gasteiger partial charge on any atom is 0.315 e. The van der Waals surface area contributed by atoms with Crippen molar-refractivity contribution in [3.8, 4) is 0 Å². The Hall–Kier alpha value is -2.08. The lowest BCUT2D eigenvalue weighted by atomic mass is 9.80. The van der Waals surface area contributed by atoms with Crippen LogP contribution in [0.5, 0.6) is 0 Å². The summed E-state index contributed by atoms with van der Waals surface area (Å²) >= 11 is 0. The van der Waals surface area contributed by atoms with Crippen molar-refractivity contribution in [1.29, 1.82) is 0 Å². The highest BCUT2D eigenvalue weighted by molar-refractivity contribution is 5.87. The number of likely N-dealkylation sites (N-methyl/N-ethyl adjacent to an activating group) is 1. The van der Waals surface area contributed by atoms with Crippen molar-refractivity contribution >= 4 is 11.9 Å². The molecular formula is C21H32N4O2. The van der Waals surface area contributed by atoms with E-state index in [2.05, 4.69) is 20.9 Å². The highest BCUT2D eigenvalue weighted by Gasteiger charge is 2.39. The fourth-order valence-electron chi connectivity index (χ4n) is 4.52. The molecule has 1 aliphatic heterocycles. The first-order valence-corrected chi connectivity index (χ1v) is 10.2. The lowest BCUT2D eigenvalue weighted by molar-refractivity contribution is -0.122. The van der Waals surface area contributed by atoms with Gasteiger partial charge in [-0.2, -0.15) is 0 Å². The average Bonchev–Trinajstić information content (AvgIpc) is 3.27. The number of amides is 3. The van der Waals surface area contributed by atoms with Crippen LogP contribution in [0.15, 0.2) is 30.3 Å². The van der Waals surface area contributed by atoms with Gasteiger partial charge in [0.1, 0.15) is 6.04 Å². The summed E-state index contributed by atoms with van der Waals surface area (Å²) in [6.07, 6.45) is 8.53. The van der Waals surface area contributed by atoms with E-state index in [0.717, 1.165) is 31.5 Å². The average molecular weight is 373 g/mol. The number of nitrogens with one attached hydrogen (secondary N) is 3. The Balaban J connectivity index is 1.63. The Morgan fingerprint density at radius 3 is 2.33 bits per heavy atom. The monoisotopic (exact) mass is 372 g/mol. The molecule has 6 nitrogen and oxygen atoms in total. The van der Waals surface area contributed by atoms with Gasteiger partial charge in [0.25, 0.3) is 0 Å². The molecule has 1 unspecified atom stereocenters. The number of carbonyl (C=O) groups is 2. The van der Waals surface area contributed by atoms with Crippen molar-refractivity contribution in [2.45, 2.75) is 56.5 Å². The van der Waals surface area contributed by atoms with Gasteiger partial charge in [0.05, 0.1) is 0 Å². The van der Waals surface area contributed by atoms with Crippen LogP contribution in [0, 0.1) is 0 Å². The van der Waals surface area contributed by atoms with Crippen LogP contribution in [0.4, 0.5) is 4.79 Å². The smallest absolute Gasteiger partial charge is 0.315 e. The molecule has 27 heavy (non-hydrogen) atoms. The Kier molecular flexibility index (Phi) is 6.72. The molecule has 6 heteroatoms. The minimum absolute atomic E-state index is 0.0847. The fraction of sp³-hybridized carbons (Fsp3) is 0.619. The van der Waals surface area contributed by atoms with E-state index >= 15 is 0 Å². The third-order valence-corrected chi connectivity index (χ3v) is 6.06. The summed E-state index contributed by atoms with van der Waals surface area (Å²) in [5, 5.41) is 8.57. The summed E-state index contributed by atoms with van der Waals surface area (Å²) in [4.78, 5) is 27.5. The summed E-state index contributed by atoms with van der Waals surface area (Å²) in [7, 11) is 1.59. The molecule has 0 bridgehead atoms. The molecule has 2 fully saturated rings. The molecule has 0 spiro atoms.